The number of aromatic nitrogens is 2. The van der Waals surface area contributed by atoms with Gasteiger partial charge in [-0.05, 0) is 88.7 Å². The molecule has 0 spiro atoms. The van der Waals surface area contributed by atoms with Crippen molar-refractivity contribution in [3.05, 3.63) is 101 Å². The average Bonchev–Trinajstić information content (AvgIpc) is 3.35. The van der Waals surface area contributed by atoms with Gasteiger partial charge < -0.3 is 45.5 Å². The van der Waals surface area contributed by atoms with Crippen LogP contribution in [0.1, 0.15) is 62.8 Å². The van der Waals surface area contributed by atoms with Gasteiger partial charge in [-0.3, -0.25) is 24.5 Å². The molecule has 1 unspecified atom stereocenters. The van der Waals surface area contributed by atoms with Gasteiger partial charge in [-0.1, -0.05) is 36.2 Å². The maximum atomic E-state index is 14.3. The number of pyridine rings is 2. The Balaban J connectivity index is 1.14. The Kier molecular flexibility index (Phi) is 16.2. The van der Waals surface area contributed by atoms with Crippen LogP contribution in [-0.4, -0.2) is 91.9 Å². The van der Waals surface area contributed by atoms with Crippen LogP contribution in [0.5, 0.6) is 17.2 Å². The summed E-state index contributed by atoms with van der Waals surface area (Å²) in [6.07, 6.45) is 5.43. The lowest BCUT2D eigenvalue weighted by Gasteiger charge is -2.26. The zero-order valence-electron chi connectivity index (χ0n) is 38.8. The summed E-state index contributed by atoms with van der Waals surface area (Å²) < 4.78 is 23.7. The van der Waals surface area contributed by atoms with Gasteiger partial charge >= 0.3 is 0 Å². The molecule has 16 nitrogen and oxygen atoms in total. The number of rotatable bonds is 19. The van der Waals surface area contributed by atoms with E-state index in [1.807, 2.05) is 50.2 Å². The molecule has 4 heterocycles. The van der Waals surface area contributed by atoms with Crippen LogP contribution >= 0.6 is 11.6 Å². The molecule has 2 saturated heterocycles. The smallest absolute Gasteiger partial charge is 0.230 e. The standard InChI is InChI=1S/C52H55ClN10O6/c1-3-67-47-26-41-37(51(33(29-54)31-57-41)58-34-11-6-5-7-12-34)24-45(47)62-50(65)28-43-39(30-55)52(59-35-15-16-46(40(53)23-35)69-32-36-13-8-9-17-56-36)38-25-44(48(68-4-2)27-42(38)60-43)61-49(64)14-10-18-63-19-21-66-22-20-63/h5-7,11-12,15-16,23-27,31,36,56H,3-4,8-10,13-14,17-22,28,32H2,1-2H3,(H,57,58)(H,59,60)(H,61,64)(H,62,65). The van der Waals surface area contributed by atoms with Gasteiger partial charge in [0.25, 0.3) is 0 Å². The second kappa shape index (κ2) is 23.2. The van der Waals surface area contributed by atoms with Gasteiger partial charge in [-0.15, -0.1) is 0 Å². The molecule has 1 atom stereocenters. The van der Waals surface area contributed by atoms with Gasteiger partial charge in [0.1, 0.15) is 36.0 Å². The maximum absolute atomic E-state index is 14.3. The number of fused-ring (bicyclic) bond motifs is 2. The highest BCUT2D eigenvalue weighted by Gasteiger charge is 2.24. The first-order valence-corrected chi connectivity index (χ1v) is 23.8. The molecule has 17 heteroatoms. The van der Waals surface area contributed by atoms with Crippen LogP contribution in [0.15, 0.2) is 79.0 Å². The number of ether oxygens (including phenoxy) is 4. The molecule has 2 aliphatic heterocycles. The van der Waals surface area contributed by atoms with Crippen LogP contribution in [0.3, 0.4) is 0 Å². The number of para-hydroxylation sites is 1. The molecule has 0 saturated carbocycles. The predicted molar refractivity (Wildman–Crippen MR) is 268 cm³/mol. The molecule has 356 valence electrons. The molecule has 2 fully saturated rings. The molecule has 0 radical (unpaired) electrons. The second-order valence-electron chi connectivity index (χ2n) is 16.7. The molecule has 0 aliphatic carbocycles. The van der Waals surface area contributed by atoms with Crippen molar-refractivity contribution in [1.82, 2.24) is 20.2 Å². The summed E-state index contributed by atoms with van der Waals surface area (Å²) >= 11 is 6.83. The van der Waals surface area contributed by atoms with E-state index in [1.54, 1.807) is 36.4 Å². The first-order valence-electron chi connectivity index (χ1n) is 23.4. The molecule has 2 aliphatic rings. The number of benzene rings is 4. The first kappa shape index (κ1) is 48.3. The van der Waals surface area contributed by atoms with E-state index in [1.165, 1.54) is 6.20 Å². The van der Waals surface area contributed by atoms with E-state index in [0.29, 0.717) is 118 Å². The lowest BCUT2D eigenvalue weighted by Crippen LogP contribution is -2.38. The number of nitriles is 2. The molecular weight excluding hydrogens is 896 g/mol. The second-order valence-corrected chi connectivity index (χ2v) is 17.1. The largest absolute Gasteiger partial charge is 0.492 e. The first-order chi connectivity index (χ1) is 33.7. The Hall–Kier alpha value is -7.21. The fourth-order valence-corrected chi connectivity index (χ4v) is 8.75. The molecule has 2 amide bonds. The van der Waals surface area contributed by atoms with E-state index in [-0.39, 0.29) is 36.0 Å². The highest BCUT2D eigenvalue weighted by Crippen LogP contribution is 2.40. The predicted octanol–water partition coefficient (Wildman–Crippen LogP) is 9.22. The Bertz CT molecular complexity index is 2890. The number of amides is 2. The molecule has 5 N–H and O–H groups in total. The number of carbonyl (C=O) groups excluding carboxylic acids is 2. The highest BCUT2D eigenvalue weighted by molar-refractivity contribution is 6.32. The Morgan fingerprint density at radius 2 is 1.54 bits per heavy atom. The molecule has 69 heavy (non-hydrogen) atoms. The lowest BCUT2D eigenvalue weighted by molar-refractivity contribution is -0.117. The van der Waals surface area contributed by atoms with Crippen LogP contribution < -0.4 is 40.8 Å². The SMILES string of the molecule is CCOc1cc2nc(CC(=O)Nc3cc4c(Nc5ccccc5)c(C#N)cnc4cc3OCC)c(C#N)c(Nc3ccc(OCC4CCCCN4)c(Cl)c3)c2cc1NC(=O)CCCN1CCOCC1. The third-order valence-electron chi connectivity index (χ3n) is 11.9. The summed E-state index contributed by atoms with van der Waals surface area (Å²) in [5.41, 5.74) is 4.46. The minimum Gasteiger partial charge on any atom is -0.492 e. The van der Waals surface area contributed by atoms with Crippen molar-refractivity contribution in [3.8, 4) is 29.4 Å². The van der Waals surface area contributed by atoms with Crippen molar-refractivity contribution >= 4 is 79.3 Å². The third kappa shape index (κ3) is 12.1. The van der Waals surface area contributed by atoms with Crippen molar-refractivity contribution in [2.45, 2.75) is 58.4 Å². The van der Waals surface area contributed by atoms with Crippen molar-refractivity contribution < 1.29 is 28.5 Å². The molecule has 0 bridgehead atoms. The fraction of sp³-hybridized carbons (Fsp3) is 0.346. The normalized spacial score (nSPS) is 14.9. The molecule has 8 rings (SSSR count). The van der Waals surface area contributed by atoms with Gasteiger partial charge in [-0.25, -0.2) is 0 Å². The van der Waals surface area contributed by atoms with Crippen LogP contribution in [-0.2, 0) is 20.7 Å². The molecule has 4 aromatic carbocycles. The zero-order valence-corrected chi connectivity index (χ0v) is 39.5. The van der Waals surface area contributed by atoms with E-state index in [0.717, 1.165) is 51.1 Å². The van der Waals surface area contributed by atoms with E-state index in [9.17, 15) is 20.1 Å². The van der Waals surface area contributed by atoms with Crippen LogP contribution in [0, 0.1) is 22.7 Å². The number of carbonyl (C=O) groups is 2. The van der Waals surface area contributed by atoms with Crippen molar-refractivity contribution in [2.24, 2.45) is 0 Å². The van der Waals surface area contributed by atoms with Crippen molar-refractivity contribution in [1.29, 1.82) is 10.5 Å². The number of nitrogens with one attached hydrogen (secondary N) is 5. The van der Waals surface area contributed by atoms with E-state index in [2.05, 4.69) is 48.6 Å². The molecule has 6 aromatic rings. The maximum Gasteiger partial charge on any atom is 0.230 e. The molecule has 2 aromatic heterocycles. The number of nitrogens with zero attached hydrogens (tertiary/aromatic N) is 5. The Labute approximate surface area is 406 Å². The Morgan fingerprint density at radius 3 is 2.22 bits per heavy atom. The summed E-state index contributed by atoms with van der Waals surface area (Å²) in [5.74, 6) is 0.592. The summed E-state index contributed by atoms with van der Waals surface area (Å²) in [6.45, 7) is 9.51. The summed E-state index contributed by atoms with van der Waals surface area (Å²) in [7, 11) is 0. The fourth-order valence-electron chi connectivity index (χ4n) is 8.51. The van der Waals surface area contributed by atoms with E-state index < -0.39 is 5.91 Å². The monoisotopic (exact) mass is 950 g/mol. The average molecular weight is 952 g/mol. The highest BCUT2D eigenvalue weighted by atomic mass is 35.5. The molecular formula is C52H55ClN10O6. The van der Waals surface area contributed by atoms with Crippen LogP contribution in [0.4, 0.5) is 34.1 Å². The van der Waals surface area contributed by atoms with Gasteiger partial charge in [0, 0.05) is 66.0 Å². The van der Waals surface area contributed by atoms with Gasteiger partial charge in [0.2, 0.25) is 11.8 Å². The topological polar surface area (TPSA) is 208 Å². The number of halogens is 1. The van der Waals surface area contributed by atoms with Gasteiger partial charge in [0.05, 0.1) is 88.5 Å². The van der Waals surface area contributed by atoms with Crippen molar-refractivity contribution in [2.75, 3.05) is 80.5 Å². The van der Waals surface area contributed by atoms with Gasteiger partial charge in [-0.2, -0.15) is 10.5 Å². The lowest BCUT2D eigenvalue weighted by atomic mass is 10.0. The summed E-state index contributed by atoms with van der Waals surface area (Å²) in [5, 5.41) is 38.7. The third-order valence-corrected chi connectivity index (χ3v) is 12.2. The number of piperidine rings is 1. The quantitative estimate of drug-likeness (QED) is 0.0513. The minimum absolute atomic E-state index is 0.102. The summed E-state index contributed by atoms with van der Waals surface area (Å²) in [6, 6.07) is 26.4. The van der Waals surface area contributed by atoms with E-state index in [4.69, 9.17) is 35.5 Å². The number of morpholine rings is 1. The minimum atomic E-state index is -0.491. The number of hydrogen-bond donors (Lipinski definition) is 5. The van der Waals surface area contributed by atoms with Gasteiger partial charge in [0.15, 0.2) is 0 Å². The summed E-state index contributed by atoms with van der Waals surface area (Å²) in [4.78, 5) is 39.5. The zero-order chi connectivity index (χ0) is 48.1. The number of hydrogen-bond acceptors (Lipinski definition) is 14. The van der Waals surface area contributed by atoms with Crippen LogP contribution in [0.25, 0.3) is 21.8 Å². The van der Waals surface area contributed by atoms with Crippen molar-refractivity contribution in [3.63, 3.8) is 0 Å². The van der Waals surface area contributed by atoms with Crippen LogP contribution in [0.2, 0.25) is 5.02 Å². The Morgan fingerprint density at radius 1 is 0.826 bits per heavy atom. The van der Waals surface area contributed by atoms with E-state index >= 15 is 0 Å². The number of anilines is 6.